The van der Waals surface area contributed by atoms with Gasteiger partial charge in [-0.15, -0.1) is 0 Å². The van der Waals surface area contributed by atoms with Crippen LogP contribution in [0.5, 0.6) is 0 Å². The summed E-state index contributed by atoms with van der Waals surface area (Å²) in [6.45, 7) is 2.46. The summed E-state index contributed by atoms with van der Waals surface area (Å²) in [4.78, 5) is 12.7. The van der Waals surface area contributed by atoms with Crippen molar-refractivity contribution in [3.63, 3.8) is 0 Å². The molecule has 0 bridgehead atoms. The predicted octanol–water partition coefficient (Wildman–Crippen LogP) is 2.84. The van der Waals surface area contributed by atoms with Gasteiger partial charge in [0.25, 0.3) is 0 Å². The third-order valence-corrected chi connectivity index (χ3v) is 7.17. The van der Waals surface area contributed by atoms with E-state index in [4.69, 9.17) is 0 Å². The van der Waals surface area contributed by atoms with Gasteiger partial charge in [0.1, 0.15) is 6.04 Å². The molecule has 0 spiro atoms. The van der Waals surface area contributed by atoms with Crippen molar-refractivity contribution in [3.05, 3.63) is 54.1 Å². The lowest BCUT2D eigenvalue weighted by atomic mass is 10.00. The SMILES string of the molecule is CCS(=O)(=O)c1ccc(-c2ccc(C[C@@H](C#N)NC(=O)[C@@H]3CCCCN3)cc2)cc1. The number of nitrogens with one attached hydrogen (secondary N) is 2. The van der Waals surface area contributed by atoms with Crippen LogP contribution in [0.2, 0.25) is 0 Å². The number of rotatable bonds is 7. The van der Waals surface area contributed by atoms with E-state index in [-0.39, 0.29) is 17.7 Å². The van der Waals surface area contributed by atoms with Crippen LogP contribution in [0.25, 0.3) is 11.1 Å². The number of nitrogens with zero attached hydrogens (tertiary/aromatic N) is 1. The summed E-state index contributed by atoms with van der Waals surface area (Å²) < 4.78 is 23.9. The molecular formula is C23H27N3O3S. The van der Waals surface area contributed by atoms with Crippen LogP contribution >= 0.6 is 0 Å². The minimum Gasteiger partial charge on any atom is -0.339 e. The number of carbonyl (C=O) groups is 1. The van der Waals surface area contributed by atoms with Crippen LogP contribution in [0.1, 0.15) is 31.7 Å². The molecule has 2 aromatic rings. The standard InChI is InChI=1S/C23H27N3O3S/c1-2-30(28,29)21-12-10-19(11-13-21)18-8-6-17(7-9-18)15-20(16-24)26-23(27)22-5-3-4-14-25-22/h6-13,20,22,25H,2-5,14-15H2,1H3,(H,26,27)/t20-,22-/m0/s1. The molecule has 3 rings (SSSR count). The molecule has 1 aliphatic heterocycles. The molecule has 0 aliphatic carbocycles. The number of hydrogen-bond donors (Lipinski definition) is 2. The molecule has 1 saturated heterocycles. The van der Waals surface area contributed by atoms with E-state index in [2.05, 4.69) is 16.7 Å². The summed E-state index contributed by atoms with van der Waals surface area (Å²) in [7, 11) is -3.21. The third kappa shape index (κ3) is 5.47. The van der Waals surface area contributed by atoms with Crippen LogP contribution in [-0.4, -0.2) is 38.7 Å². The molecule has 0 saturated carbocycles. The summed E-state index contributed by atoms with van der Waals surface area (Å²) in [6.07, 6.45) is 3.34. The topological polar surface area (TPSA) is 99.1 Å². The molecule has 0 aromatic heterocycles. The maximum Gasteiger partial charge on any atom is 0.238 e. The Morgan fingerprint density at radius 1 is 1.13 bits per heavy atom. The fourth-order valence-electron chi connectivity index (χ4n) is 3.57. The van der Waals surface area contributed by atoms with Crippen molar-refractivity contribution < 1.29 is 13.2 Å². The molecular weight excluding hydrogens is 398 g/mol. The van der Waals surface area contributed by atoms with Crippen molar-refractivity contribution in [2.75, 3.05) is 12.3 Å². The van der Waals surface area contributed by atoms with Crippen molar-refractivity contribution in [3.8, 4) is 17.2 Å². The monoisotopic (exact) mass is 425 g/mol. The van der Waals surface area contributed by atoms with Crippen LogP contribution in [0, 0.1) is 11.3 Å². The van der Waals surface area contributed by atoms with Gasteiger partial charge in [0.2, 0.25) is 5.91 Å². The molecule has 7 heteroatoms. The fourth-order valence-corrected chi connectivity index (χ4v) is 4.45. The molecule has 1 heterocycles. The van der Waals surface area contributed by atoms with E-state index in [1.54, 1.807) is 31.2 Å². The molecule has 0 radical (unpaired) electrons. The highest BCUT2D eigenvalue weighted by Crippen LogP contribution is 2.22. The smallest absolute Gasteiger partial charge is 0.238 e. The minimum absolute atomic E-state index is 0.0778. The zero-order valence-corrected chi connectivity index (χ0v) is 17.9. The molecule has 158 valence electrons. The number of amides is 1. The Bertz CT molecular complexity index is 1000. The molecule has 2 atom stereocenters. The lowest BCUT2D eigenvalue weighted by Gasteiger charge is -2.23. The summed E-state index contributed by atoms with van der Waals surface area (Å²) in [5, 5.41) is 15.5. The fraction of sp³-hybridized carbons (Fsp3) is 0.391. The van der Waals surface area contributed by atoms with E-state index in [0.29, 0.717) is 11.3 Å². The van der Waals surface area contributed by atoms with E-state index >= 15 is 0 Å². The largest absolute Gasteiger partial charge is 0.339 e. The first-order chi connectivity index (χ1) is 14.4. The highest BCUT2D eigenvalue weighted by atomic mass is 32.2. The van der Waals surface area contributed by atoms with E-state index in [1.807, 2.05) is 24.3 Å². The normalized spacial score (nSPS) is 17.7. The van der Waals surface area contributed by atoms with Gasteiger partial charge in [-0.05, 0) is 48.2 Å². The summed E-state index contributed by atoms with van der Waals surface area (Å²) in [5.74, 6) is -0.0333. The second-order valence-electron chi connectivity index (χ2n) is 7.52. The van der Waals surface area contributed by atoms with Crippen molar-refractivity contribution in [1.29, 1.82) is 5.26 Å². The zero-order valence-electron chi connectivity index (χ0n) is 17.1. The lowest BCUT2D eigenvalue weighted by molar-refractivity contribution is -0.124. The summed E-state index contributed by atoms with van der Waals surface area (Å²) in [5.41, 5.74) is 2.83. The number of benzene rings is 2. The Morgan fingerprint density at radius 3 is 2.30 bits per heavy atom. The molecule has 1 fully saturated rings. The van der Waals surface area contributed by atoms with Gasteiger partial charge < -0.3 is 10.6 Å². The average molecular weight is 426 g/mol. The van der Waals surface area contributed by atoms with Gasteiger partial charge >= 0.3 is 0 Å². The van der Waals surface area contributed by atoms with Gasteiger partial charge in [-0.3, -0.25) is 4.79 Å². The first kappa shape index (κ1) is 22.0. The Morgan fingerprint density at radius 2 is 1.77 bits per heavy atom. The van der Waals surface area contributed by atoms with Crippen LogP contribution in [0.3, 0.4) is 0 Å². The number of carbonyl (C=O) groups excluding carboxylic acids is 1. The van der Waals surface area contributed by atoms with E-state index in [0.717, 1.165) is 42.5 Å². The molecule has 2 N–H and O–H groups in total. The maximum absolute atomic E-state index is 12.3. The second-order valence-corrected chi connectivity index (χ2v) is 9.80. The van der Waals surface area contributed by atoms with Crippen molar-refractivity contribution in [2.24, 2.45) is 0 Å². The Kier molecular flexibility index (Phi) is 7.24. The molecule has 0 unspecified atom stereocenters. The molecule has 1 amide bonds. The van der Waals surface area contributed by atoms with Crippen molar-refractivity contribution >= 4 is 15.7 Å². The highest BCUT2D eigenvalue weighted by Gasteiger charge is 2.23. The number of piperidine rings is 1. The van der Waals surface area contributed by atoms with Crippen LogP contribution in [0.4, 0.5) is 0 Å². The summed E-state index contributed by atoms with van der Waals surface area (Å²) in [6, 6.07) is 16.0. The number of sulfone groups is 1. The van der Waals surface area contributed by atoms with Crippen molar-refractivity contribution in [1.82, 2.24) is 10.6 Å². The highest BCUT2D eigenvalue weighted by molar-refractivity contribution is 7.91. The van der Waals surface area contributed by atoms with Crippen LogP contribution in [-0.2, 0) is 21.1 Å². The third-order valence-electron chi connectivity index (χ3n) is 5.42. The van der Waals surface area contributed by atoms with Crippen molar-refractivity contribution in [2.45, 2.75) is 49.6 Å². The molecule has 6 nitrogen and oxygen atoms in total. The van der Waals surface area contributed by atoms with E-state index < -0.39 is 15.9 Å². The van der Waals surface area contributed by atoms with Crippen LogP contribution < -0.4 is 10.6 Å². The molecule has 30 heavy (non-hydrogen) atoms. The maximum atomic E-state index is 12.3. The number of hydrogen-bond acceptors (Lipinski definition) is 5. The second kappa shape index (κ2) is 9.88. The van der Waals surface area contributed by atoms with Gasteiger partial charge in [-0.2, -0.15) is 5.26 Å². The predicted molar refractivity (Wildman–Crippen MR) is 116 cm³/mol. The first-order valence-electron chi connectivity index (χ1n) is 10.3. The Hall–Kier alpha value is -2.69. The van der Waals surface area contributed by atoms with E-state index in [9.17, 15) is 18.5 Å². The minimum atomic E-state index is -3.21. The lowest BCUT2D eigenvalue weighted by Crippen LogP contribution is -2.49. The molecule has 1 aliphatic rings. The van der Waals surface area contributed by atoms with E-state index in [1.165, 1.54) is 0 Å². The quantitative estimate of drug-likeness (QED) is 0.711. The molecule has 2 aromatic carbocycles. The summed E-state index contributed by atoms with van der Waals surface area (Å²) >= 11 is 0. The van der Waals surface area contributed by atoms with Crippen LogP contribution in [0.15, 0.2) is 53.4 Å². The Labute approximate surface area is 178 Å². The van der Waals surface area contributed by atoms with Gasteiger partial charge in [-0.1, -0.05) is 49.7 Å². The zero-order chi connectivity index (χ0) is 21.6. The van der Waals surface area contributed by atoms with Gasteiger partial charge in [0, 0.05) is 6.42 Å². The van der Waals surface area contributed by atoms with Gasteiger partial charge in [-0.25, -0.2) is 8.42 Å². The Balaban J connectivity index is 1.63. The first-order valence-corrected chi connectivity index (χ1v) is 11.9. The van der Waals surface area contributed by atoms with Gasteiger partial charge in [0.15, 0.2) is 9.84 Å². The number of nitriles is 1. The average Bonchev–Trinajstić information content (AvgIpc) is 2.79. The van der Waals surface area contributed by atoms with Gasteiger partial charge in [0.05, 0.1) is 22.8 Å².